The Morgan fingerprint density at radius 1 is 0.957 bits per heavy atom. The predicted molar refractivity (Wildman–Crippen MR) is 91.3 cm³/mol. The summed E-state index contributed by atoms with van der Waals surface area (Å²) in [5.41, 5.74) is 1.81. The molecule has 3 nitrogen and oxygen atoms in total. The summed E-state index contributed by atoms with van der Waals surface area (Å²) < 4.78 is 5.20. The summed E-state index contributed by atoms with van der Waals surface area (Å²) in [4.78, 5) is 24.1. The predicted octanol–water partition coefficient (Wildman–Crippen LogP) is 4.45. The highest BCUT2D eigenvalue weighted by Gasteiger charge is 2.10. The molecule has 0 fully saturated rings. The maximum Gasteiger partial charge on any atom is 0.339 e. The van der Waals surface area contributed by atoms with Gasteiger partial charge in [-0.2, -0.15) is 0 Å². The summed E-state index contributed by atoms with van der Waals surface area (Å²) in [6, 6.07) is 16.0. The van der Waals surface area contributed by atoms with Crippen LogP contribution in [0.1, 0.15) is 29.8 Å². The molecule has 0 atom stereocenters. The number of carbonyl (C=O) groups excluding carboxylic acids is 2. The van der Waals surface area contributed by atoms with Crippen molar-refractivity contribution in [2.24, 2.45) is 0 Å². The van der Waals surface area contributed by atoms with Gasteiger partial charge in [-0.15, -0.1) is 0 Å². The number of carbonyl (C=O) groups is 2. The average molecular weight is 306 g/mol. The van der Waals surface area contributed by atoms with Gasteiger partial charge in [-0.05, 0) is 37.6 Å². The van der Waals surface area contributed by atoms with Gasteiger partial charge in [0.1, 0.15) is 5.75 Å². The second-order valence-electron chi connectivity index (χ2n) is 5.02. The molecule has 0 bridgehead atoms. The molecule has 2 aromatic rings. The van der Waals surface area contributed by atoms with Crippen molar-refractivity contribution in [3.05, 3.63) is 83.4 Å². The van der Waals surface area contributed by atoms with Crippen molar-refractivity contribution < 1.29 is 14.3 Å². The standard InChI is InChI=1S/C20H18O3/c1-3-7-16-10-12-17(13-11-16)19(21)14-15(2)20(22)23-18-8-5-4-6-9-18/h3-14H,1-2H3. The van der Waals surface area contributed by atoms with Gasteiger partial charge < -0.3 is 4.74 Å². The second kappa shape index (κ2) is 7.90. The van der Waals surface area contributed by atoms with Crippen LogP contribution in [0.3, 0.4) is 0 Å². The molecule has 0 unspecified atom stereocenters. The van der Waals surface area contributed by atoms with Crippen LogP contribution in [0.2, 0.25) is 0 Å². The van der Waals surface area contributed by atoms with Crippen molar-refractivity contribution in [2.45, 2.75) is 13.8 Å². The fraction of sp³-hybridized carbons (Fsp3) is 0.100. The second-order valence-corrected chi connectivity index (χ2v) is 5.02. The van der Waals surface area contributed by atoms with Crippen LogP contribution in [0.4, 0.5) is 0 Å². The molecule has 0 saturated carbocycles. The minimum atomic E-state index is -0.532. The molecule has 2 aromatic carbocycles. The average Bonchev–Trinajstić information content (AvgIpc) is 2.56. The lowest BCUT2D eigenvalue weighted by atomic mass is 10.1. The largest absolute Gasteiger partial charge is 0.423 e. The van der Waals surface area contributed by atoms with Gasteiger partial charge in [0.2, 0.25) is 0 Å². The van der Waals surface area contributed by atoms with E-state index in [2.05, 4.69) is 0 Å². The number of allylic oxidation sites excluding steroid dienone is 2. The third kappa shape index (κ3) is 4.78. The first kappa shape index (κ1) is 16.4. The number of rotatable bonds is 5. The SMILES string of the molecule is CC=Cc1ccc(C(=O)C=C(C)C(=O)Oc2ccccc2)cc1. The number of hydrogen-bond acceptors (Lipinski definition) is 3. The van der Waals surface area contributed by atoms with Gasteiger partial charge >= 0.3 is 5.97 Å². The van der Waals surface area contributed by atoms with Crippen molar-refractivity contribution in [2.75, 3.05) is 0 Å². The number of hydrogen-bond donors (Lipinski definition) is 0. The van der Waals surface area contributed by atoms with Gasteiger partial charge in [-0.1, -0.05) is 54.6 Å². The van der Waals surface area contributed by atoms with Crippen LogP contribution in [-0.4, -0.2) is 11.8 Å². The lowest BCUT2D eigenvalue weighted by Crippen LogP contribution is -2.10. The fourth-order valence-corrected chi connectivity index (χ4v) is 1.97. The molecule has 0 aliphatic carbocycles. The van der Waals surface area contributed by atoms with Gasteiger partial charge in [-0.3, -0.25) is 4.79 Å². The number of esters is 1. The van der Waals surface area contributed by atoms with E-state index in [-0.39, 0.29) is 11.4 Å². The molecule has 0 heterocycles. The first-order valence-electron chi connectivity index (χ1n) is 7.33. The molecule has 0 saturated heterocycles. The monoisotopic (exact) mass is 306 g/mol. The van der Waals surface area contributed by atoms with Crippen LogP contribution < -0.4 is 4.74 Å². The summed E-state index contributed by atoms with van der Waals surface area (Å²) in [7, 11) is 0. The Morgan fingerprint density at radius 3 is 2.22 bits per heavy atom. The van der Waals surface area contributed by atoms with Crippen molar-refractivity contribution in [1.29, 1.82) is 0 Å². The molecule has 0 radical (unpaired) electrons. The van der Waals surface area contributed by atoms with E-state index in [4.69, 9.17) is 4.74 Å². The summed E-state index contributed by atoms with van der Waals surface area (Å²) in [6.07, 6.45) is 5.18. The van der Waals surface area contributed by atoms with Crippen LogP contribution in [0.5, 0.6) is 5.75 Å². The lowest BCUT2D eigenvalue weighted by Gasteiger charge is -2.04. The van der Waals surface area contributed by atoms with Crippen molar-refractivity contribution in [3.63, 3.8) is 0 Å². The molecule has 2 rings (SSSR count). The van der Waals surface area contributed by atoms with Crippen LogP contribution in [0, 0.1) is 0 Å². The van der Waals surface area contributed by atoms with Gasteiger partial charge in [0.05, 0.1) is 0 Å². The molecule has 0 amide bonds. The highest BCUT2D eigenvalue weighted by molar-refractivity contribution is 6.08. The molecule has 0 aliphatic heterocycles. The molecule has 0 N–H and O–H groups in total. The molecule has 0 spiro atoms. The third-order valence-corrected chi connectivity index (χ3v) is 3.18. The molecular weight excluding hydrogens is 288 g/mol. The van der Waals surface area contributed by atoms with E-state index in [1.807, 2.05) is 37.3 Å². The summed E-state index contributed by atoms with van der Waals surface area (Å²) >= 11 is 0. The van der Waals surface area contributed by atoms with Crippen LogP contribution in [0.15, 0.2) is 72.3 Å². The molecule has 116 valence electrons. The van der Waals surface area contributed by atoms with Crippen molar-refractivity contribution in [3.8, 4) is 5.75 Å². The van der Waals surface area contributed by atoms with Crippen LogP contribution in [-0.2, 0) is 4.79 Å². The van der Waals surface area contributed by atoms with Gasteiger partial charge in [0.25, 0.3) is 0 Å². The maximum atomic E-state index is 12.2. The van der Waals surface area contributed by atoms with Crippen LogP contribution >= 0.6 is 0 Å². The molecular formula is C20H18O3. The Balaban J connectivity index is 2.07. The van der Waals surface area contributed by atoms with E-state index in [1.165, 1.54) is 6.08 Å². The Morgan fingerprint density at radius 2 is 1.61 bits per heavy atom. The van der Waals surface area contributed by atoms with E-state index in [0.29, 0.717) is 11.3 Å². The third-order valence-electron chi connectivity index (χ3n) is 3.18. The zero-order valence-electron chi connectivity index (χ0n) is 13.2. The topological polar surface area (TPSA) is 43.4 Å². The van der Waals surface area contributed by atoms with E-state index in [0.717, 1.165) is 5.56 Å². The van der Waals surface area contributed by atoms with Crippen LogP contribution in [0.25, 0.3) is 6.08 Å². The van der Waals surface area contributed by atoms with Gasteiger partial charge in [0, 0.05) is 11.1 Å². The summed E-state index contributed by atoms with van der Waals surface area (Å²) in [5, 5.41) is 0. The number of ketones is 1. The highest BCUT2D eigenvalue weighted by Crippen LogP contribution is 2.12. The van der Waals surface area contributed by atoms with E-state index < -0.39 is 5.97 Å². The zero-order chi connectivity index (χ0) is 16.7. The van der Waals surface area contributed by atoms with E-state index >= 15 is 0 Å². The minimum Gasteiger partial charge on any atom is -0.423 e. The minimum absolute atomic E-state index is 0.223. The fourth-order valence-electron chi connectivity index (χ4n) is 1.97. The normalized spacial score (nSPS) is 11.5. The molecule has 0 aromatic heterocycles. The Labute approximate surface area is 135 Å². The highest BCUT2D eigenvalue weighted by atomic mass is 16.5. The summed E-state index contributed by atoms with van der Waals surface area (Å²) in [5.74, 6) is -0.303. The maximum absolute atomic E-state index is 12.2. The van der Waals surface area contributed by atoms with Crippen molar-refractivity contribution in [1.82, 2.24) is 0 Å². The van der Waals surface area contributed by atoms with E-state index in [9.17, 15) is 9.59 Å². The van der Waals surface area contributed by atoms with Crippen molar-refractivity contribution >= 4 is 17.8 Å². The number of ether oxygens (including phenoxy) is 1. The van der Waals surface area contributed by atoms with Gasteiger partial charge in [-0.25, -0.2) is 4.79 Å². The smallest absolute Gasteiger partial charge is 0.339 e. The summed E-state index contributed by atoms with van der Waals surface area (Å²) in [6.45, 7) is 3.50. The molecule has 23 heavy (non-hydrogen) atoms. The Kier molecular flexibility index (Phi) is 5.64. The Bertz CT molecular complexity index is 738. The Hall–Kier alpha value is -2.94. The zero-order valence-corrected chi connectivity index (χ0v) is 13.2. The van der Waals surface area contributed by atoms with Gasteiger partial charge in [0.15, 0.2) is 5.78 Å². The lowest BCUT2D eigenvalue weighted by molar-refractivity contribution is -0.130. The number of para-hydroxylation sites is 1. The quantitative estimate of drug-likeness (QED) is 0.355. The number of benzene rings is 2. The molecule has 3 heteroatoms. The van der Waals surface area contributed by atoms with E-state index in [1.54, 1.807) is 43.3 Å². The molecule has 0 aliphatic rings. The first-order chi connectivity index (χ1) is 11.1. The first-order valence-corrected chi connectivity index (χ1v) is 7.33.